The van der Waals surface area contributed by atoms with Gasteiger partial charge in [-0.25, -0.2) is 9.50 Å². The average Bonchev–Trinajstić information content (AvgIpc) is 3.12. The smallest absolute Gasteiger partial charge is 0.406 e. The molecule has 2 saturated heterocycles. The third-order valence-corrected chi connectivity index (χ3v) is 6.49. The van der Waals surface area contributed by atoms with Gasteiger partial charge in [0, 0.05) is 32.2 Å². The van der Waals surface area contributed by atoms with Crippen LogP contribution < -0.4 is 5.56 Å². The number of hydrogen-bond donors (Lipinski definition) is 1. The fourth-order valence-electron chi connectivity index (χ4n) is 4.82. The Hall–Kier alpha value is -2.70. The minimum absolute atomic E-state index is 0.0524. The van der Waals surface area contributed by atoms with Crippen LogP contribution in [0.5, 0.6) is 0 Å². The molecule has 35 heavy (non-hydrogen) atoms. The normalized spacial score (nSPS) is 24.9. The molecular weight excluding hydrogens is 467 g/mol. The van der Waals surface area contributed by atoms with Gasteiger partial charge < -0.3 is 19.2 Å². The van der Waals surface area contributed by atoms with Gasteiger partial charge in [0.15, 0.2) is 5.52 Å². The van der Waals surface area contributed by atoms with E-state index in [1.54, 1.807) is 16.8 Å². The first-order valence-corrected chi connectivity index (χ1v) is 11.8. The Balaban J connectivity index is 1.18. The van der Waals surface area contributed by atoms with E-state index in [-0.39, 0.29) is 35.4 Å². The second-order valence-electron chi connectivity index (χ2n) is 9.38. The number of hydrogen-bond acceptors (Lipinski definition) is 7. The van der Waals surface area contributed by atoms with Crippen LogP contribution in [0.25, 0.3) is 5.52 Å². The van der Waals surface area contributed by atoms with Crippen LogP contribution in [0.4, 0.5) is 13.2 Å². The van der Waals surface area contributed by atoms with Crippen LogP contribution in [-0.2, 0) is 20.8 Å². The number of nitrogens with zero attached hydrogens (tertiary/aromatic N) is 4. The first-order chi connectivity index (χ1) is 16.7. The zero-order chi connectivity index (χ0) is 24.6. The number of nitrogens with one attached hydrogen (secondary N) is 1. The molecule has 0 bridgehead atoms. The zero-order valence-electron chi connectivity index (χ0n) is 19.3. The number of aromatic nitrogens is 4. The molecule has 2 atom stereocenters. The van der Waals surface area contributed by atoms with Crippen molar-refractivity contribution in [1.82, 2.24) is 24.5 Å². The van der Waals surface area contributed by atoms with E-state index in [1.807, 2.05) is 6.92 Å². The number of rotatable bonds is 6. The largest absolute Gasteiger partial charge is 0.573 e. The highest BCUT2D eigenvalue weighted by Crippen LogP contribution is 2.28. The van der Waals surface area contributed by atoms with Crippen LogP contribution >= 0.6 is 0 Å². The number of H-pyrrole nitrogens is 1. The number of halogens is 3. The van der Waals surface area contributed by atoms with Crippen molar-refractivity contribution in [2.75, 3.05) is 26.3 Å². The summed E-state index contributed by atoms with van der Waals surface area (Å²) in [6.45, 7) is 4.91. The maximum absolute atomic E-state index is 12.6. The first-order valence-electron chi connectivity index (χ1n) is 11.8. The molecular formula is C23H28F3N5O4. The van der Waals surface area contributed by atoms with E-state index in [1.165, 1.54) is 12.2 Å². The van der Waals surface area contributed by atoms with Crippen molar-refractivity contribution in [3.05, 3.63) is 52.2 Å². The number of fused-ring (bicyclic) bond motifs is 1. The summed E-state index contributed by atoms with van der Waals surface area (Å²) < 4.78 is 54.8. The van der Waals surface area contributed by atoms with Gasteiger partial charge in [-0.15, -0.1) is 13.2 Å². The van der Waals surface area contributed by atoms with Gasteiger partial charge in [0.05, 0.1) is 24.9 Å². The van der Waals surface area contributed by atoms with Gasteiger partial charge in [0.25, 0.3) is 5.56 Å². The number of alkyl halides is 3. The molecule has 2 unspecified atom stereocenters. The summed E-state index contributed by atoms with van der Waals surface area (Å²) in [5.74, 6) is 1.22. The number of allylic oxidation sites excluding steroid dienone is 2. The number of aromatic amines is 1. The predicted octanol–water partition coefficient (Wildman–Crippen LogP) is 2.90. The van der Waals surface area contributed by atoms with Crippen molar-refractivity contribution in [3.63, 3.8) is 0 Å². The van der Waals surface area contributed by atoms with E-state index in [4.69, 9.17) is 9.47 Å². The minimum atomic E-state index is -4.72. The molecule has 190 valence electrons. The summed E-state index contributed by atoms with van der Waals surface area (Å²) in [5.41, 5.74) is 0.202. The SMILES string of the molecule is CC1C=C(OC(F)(F)F)C=CC(OC2CN(Cc3nn4c(C5CCOCC5)ncc4c(=O)[nH]3)C2)C1. The molecule has 0 spiro atoms. The van der Waals surface area contributed by atoms with Crippen LogP contribution in [0.1, 0.15) is 43.8 Å². The van der Waals surface area contributed by atoms with E-state index in [0.29, 0.717) is 50.6 Å². The Bertz CT molecular complexity index is 1160. The summed E-state index contributed by atoms with van der Waals surface area (Å²) >= 11 is 0. The molecule has 4 heterocycles. The molecule has 2 aromatic heterocycles. The van der Waals surface area contributed by atoms with Gasteiger partial charge in [-0.3, -0.25) is 9.69 Å². The van der Waals surface area contributed by atoms with E-state index in [2.05, 4.69) is 24.7 Å². The molecule has 3 aliphatic rings. The predicted molar refractivity (Wildman–Crippen MR) is 118 cm³/mol. The highest BCUT2D eigenvalue weighted by atomic mass is 19.4. The Morgan fingerprint density at radius 1 is 1.26 bits per heavy atom. The lowest BCUT2D eigenvalue weighted by Crippen LogP contribution is -2.52. The van der Waals surface area contributed by atoms with Gasteiger partial charge in [-0.2, -0.15) is 5.10 Å². The molecule has 2 aliphatic heterocycles. The molecule has 0 saturated carbocycles. The molecule has 1 aliphatic carbocycles. The summed E-state index contributed by atoms with van der Waals surface area (Å²) in [5, 5.41) is 4.65. The van der Waals surface area contributed by atoms with Crippen molar-refractivity contribution < 1.29 is 27.4 Å². The van der Waals surface area contributed by atoms with Crippen molar-refractivity contribution >= 4 is 5.52 Å². The Kier molecular flexibility index (Phi) is 6.69. The lowest BCUT2D eigenvalue weighted by atomic mass is 10.00. The molecule has 12 heteroatoms. The van der Waals surface area contributed by atoms with Gasteiger partial charge in [-0.05, 0) is 37.3 Å². The molecule has 0 aromatic carbocycles. The van der Waals surface area contributed by atoms with Crippen molar-refractivity contribution in [3.8, 4) is 0 Å². The van der Waals surface area contributed by atoms with Crippen molar-refractivity contribution in [1.29, 1.82) is 0 Å². The summed E-state index contributed by atoms with van der Waals surface area (Å²) in [6.07, 6.45) is 3.16. The average molecular weight is 496 g/mol. The molecule has 0 amide bonds. The fourth-order valence-corrected chi connectivity index (χ4v) is 4.82. The number of likely N-dealkylation sites (tertiary alicyclic amines) is 1. The highest BCUT2D eigenvalue weighted by Gasteiger charge is 2.34. The Labute approximate surface area is 199 Å². The Morgan fingerprint density at radius 2 is 2.03 bits per heavy atom. The number of imidazole rings is 1. The topological polar surface area (TPSA) is 94.0 Å². The molecule has 2 aromatic rings. The molecule has 2 fully saturated rings. The lowest BCUT2D eigenvalue weighted by molar-refractivity contribution is -0.303. The second kappa shape index (κ2) is 9.75. The lowest BCUT2D eigenvalue weighted by Gasteiger charge is -2.40. The molecule has 1 N–H and O–H groups in total. The standard InChI is InChI=1S/C23H28F3N5O4/c1-14-8-16(2-3-17(9-14)35-23(24,25)26)34-18-11-30(12-18)13-20-28-22(32)19-10-27-21(31(19)29-20)15-4-6-33-7-5-15/h2-3,9-10,14-16,18H,4-8,11-13H2,1H3,(H,28,29,32). The van der Waals surface area contributed by atoms with Crippen LogP contribution in [0.3, 0.4) is 0 Å². The quantitative estimate of drug-likeness (QED) is 0.659. The van der Waals surface area contributed by atoms with E-state index >= 15 is 0 Å². The molecule has 0 radical (unpaired) electrons. The molecule has 5 rings (SSSR count). The monoisotopic (exact) mass is 495 g/mol. The zero-order valence-corrected chi connectivity index (χ0v) is 19.3. The first kappa shape index (κ1) is 24.0. The Morgan fingerprint density at radius 3 is 2.77 bits per heavy atom. The van der Waals surface area contributed by atoms with Gasteiger partial charge in [-0.1, -0.05) is 13.0 Å². The van der Waals surface area contributed by atoms with E-state index < -0.39 is 6.36 Å². The van der Waals surface area contributed by atoms with E-state index in [0.717, 1.165) is 18.7 Å². The maximum Gasteiger partial charge on any atom is 0.573 e. The van der Waals surface area contributed by atoms with Crippen molar-refractivity contribution in [2.24, 2.45) is 5.92 Å². The van der Waals surface area contributed by atoms with Gasteiger partial charge in [0.2, 0.25) is 0 Å². The maximum atomic E-state index is 12.6. The fraction of sp³-hybridized carbons (Fsp3) is 0.609. The van der Waals surface area contributed by atoms with Gasteiger partial charge in [0.1, 0.15) is 17.4 Å². The van der Waals surface area contributed by atoms with Crippen LogP contribution in [0.15, 0.2) is 35.0 Å². The van der Waals surface area contributed by atoms with Crippen LogP contribution in [-0.4, -0.2) is 69.4 Å². The number of ether oxygens (including phenoxy) is 3. The third-order valence-electron chi connectivity index (χ3n) is 6.49. The second-order valence-corrected chi connectivity index (χ2v) is 9.38. The van der Waals surface area contributed by atoms with Crippen LogP contribution in [0.2, 0.25) is 0 Å². The van der Waals surface area contributed by atoms with Crippen molar-refractivity contribution in [2.45, 2.75) is 57.2 Å². The summed E-state index contributed by atoms with van der Waals surface area (Å²) in [7, 11) is 0. The van der Waals surface area contributed by atoms with Crippen LogP contribution in [0, 0.1) is 5.92 Å². The summed E-state index contributed by atoms with van der Waals surface area (Å²) in [6, 6.07) is 0. The minimum Gasteiger partial charge on any atom is -0.406 e. The highest BCUT2D eigenvalue weighted by molar-refractivity contribution is 5.42. The molecule has 9 nitrogen and oxygen atoms in total. The summed E-state index contributed by atoms with van der Waals surface area (Å²) in [4.78, 5) is 22.0. The van der Waals surface area contributed by atoms with Gasteiger partial charge >= 0.3 is 6.36 Å². The third kappa shape index (κ3) is 5.76. The van der Waals surface area contributed by atoms with E-state index in [9.17, 15) is 18.0 Å².